The predicted octanol–water partition coefficient (Wildman–Crippen LogP) is 3.30. The van der Waals surface area contributed by atoms with E-state index in [2.05, 4.69) is 20.2 Å². The van der Waals surface area contributed by atoms with Gasteiger partial charge in [-0.25, -0.2) is 9.37 Å². The number of carbonyl (C=O) groups is 1. The number of carbonyl (C=O) groups excluding carboxylic acids is 1. The van der Waals surface area contributed by atoms with E-state index in [1.165, 1.54) is 12.1 Å². The van der Waals surface area contributed by atoms with Crippen molar-refractivity contribution in [3.8, 4) is 11.3 Å². The number of hydrogen-bond acceptors (Lipinski definition) is 5. The van der Waals surface area contributed by atoms with Crippen LogP contribution in [0, 0.1) is 5.82 Å². The monoisotopic (exact) mass is 377 g/mol. The van der Waals surface area contributed by atoms with Gasteiger partial charge in [-0.3, -0.25) is 4.79 Å². The molecular formula is C21H20FN5O. The Morgan fingerprint density at radius 3 is 2.32 bits per heavy atom. The molecule has 1 amide bonds. The summed E-state index contributed by atoms with van der Waals surface area (Å²) >= 11 is 0. The van der Waals surface area contributed by atoms with E-state index in [0.717, 1.165) is 23.5 Å². The van der Waals surface area contributed by atoms with Gasteiger partial charge in [-0.1, -0.05) is 30.3 Å². The summed E-state index contributed by atoms with van der Waals surface area (Å²) in [6, 6.07) is 17.9. The Kier molecular flexibility index (Phi) is 5.14. The largest absolute Gasteiger partial charge is 0.353 e. The maximum absolute atomic E-state index is 13.2. The molecular weight excluding hydrogens is 357 g/mol. The van der Waals surface area contributed by atoms with Crippen LogP contribution in [0.25, 0.3) is 11.3 Å². The van der Waals surface area contributed by atoms with E-state index in [1.54, 1.807) is 17.0 Å². The minimum Gasteiger partial charge on any atom is -0.353 e. The highest BCUT2D eigenvalue weighted by atomic mass is 19.1. The van der Waals surface area contributed by atoms with Crippen molar-refractivity contribution in [3.05, 3.63) is 66.5 Å². The molecule has 7 heteroatoms. The van der Waals surface area contributed by atoms with Gasteiger partial charge in [-0.15, -0.1) is 0 Å². The molecule has 0 atom stereocenters. The molecule has 0 unspecified atom stereocenters. The van der Waals surface area contributed by atoms with Gasteiger partial charge in [-0.2, -0.15) is 4.98 Å². The van der Waals surface area contributed by atoms with E-state index in [4.69, 9.17) is 0 Å². The third kappa shape index (κ3) is 4.09. The molecule has 1 aliphatic heterocycles. The lowest BCUT2D eigenvalue weighted by atomic mass is 10.1. The molecule has 2 heterocycles. The van der Waals surface area contributed by atoms with E-state index >= 15 is 0 Å². The van der Waals surface area contributed by atoms with Crippen LogP contribution in [0.4, 0.5) is 21.8 Å². The number of anilines is 3. The first kappa shape index (κ1) is 17.9. The molecule has 0 spiro atoms. The molecule has 0 saturated carbocycles. The molecule has 3 aromatic rings. The summed E-state index contributed by atoms with van der Waals surface area (Å²) in [5.74, 6) is 0.947. The summed E-state index contributed by atoms with van der Waals surface area (Å²) in [6.45, 7) is 2.74. The van der Waals surface area contributed by atoms with E-state index < -0.39 is 0 Å². The maximum Gasteiger partial charge on any atom is 0.229 e. The number of nitrogens with one attached hydrogen (secondary N) is 1. The normalized spacial score (nSPS) is 14.0. The molecule has 6 nitrogen and oxygen atoms in total. The van der Waals surface area contributed by atoms with Crippen molar-refractivity contribution < 1.29 is 9.18 Å². The van der Waals surface area contributed by atoms with Gasteiger partial charge in [0.25, 0.3) is 0 Å². The van der Waals surface area contributed by atoms with Crippen molar-refractivity contribution in [2.24, 2.45) is 0 Å². The molecule has 1 saturated heterocycles. The zero-order valence-corrected chi connectivity index (χ0v) is 15.3. The van der Waals surface area contributed by atoms with Crippen LogP contribution in [0.1, 0.15) is 0 Å². The molecule has 0 radical (unpaired) electrons. The average Bonchev–Trinajstić information content (AvgIpc) is 2.76. The molecule has 0 aliphatic carbocycles. The Morgan fingerprint density at radius 1 is 0.929 bits per heavy atom. The fourth-order valence-electron chi connectivity index (χ4n) is 3.13. The topological polar surface area (TPSA) is 61.4 Å². The first-order valence-corrected chi connectivity index (χ1v) is 9.13. The molecule has 1 aliphatic rings. The molecule has 1 aromatic heterocycles. The van der Waals surface area contributed by atoms with Crippen LogP contribution in [0.15, 0.2) is 60.7 Å². The Morgan fingerprint density at radius 2 is 1.64 bits per heavy atom. The fraction of sp³-hybridized carbons (Fsp3) is 0.190. The number of hydrogen-bond donors (Lipinski definition) is 1. The second-order valence-corrected chi connectivity index (χ2v) is 6.56. The molecule has 2 aromatic carbocycles. The molecule has 28 heavy (non-hydrogen) atoms. The molecule has 142 valence electrons. The number of nitrogens with zero attached hydrogens (tertiary/aromatic N) is 4. The predicted molar refractivity (Wildman–Crippen MR) is 107 cm³/mol. The highest BCUT2D eigenvalue weighted by Crippen LogP contribution is 2.25. The Bertz CT molecular complexity index is 941. The van der Waals surface area contributed by atoms with Crippen LogP contribution in [-0.4, -0.2) is 47.5 Å². The van der Waals surface area contributed by atoms with E-state index in [0.29, 0.717) is 37.8 Å². The van der Waals surface area contributed by atoms with Crippen molar-refractivity contribution >= 4 is 23.9 Å². The van der Waals surface area contributed by atoms with Gasteiger partial charge in [-0.05, 0) is 24.3 Å². The molecule has 1 fully saturated rings. The molecule has 0 bridgehead atoms. The van der Waals surface area contributed by atoms with E-state index in [9.17, 15) is 9.18 Å². The molecule has 1 N–H and O–H groups in total. The lowest BCUT2D eigenvalue weighted by Crippen LogP contribution is -2.46. The minimum absolute atomic E-state index is 0.293. The number of rotatable bonds is 5. The zero-order chi connectivity index (χ0) is 19.3. The fourth-order valence-corrected chi connectivity index (χ4v) is 3.13. The van der Waals surface area contributed by atoms with Gasteiger partial charge >= 0.3 is 0 Å². The summed E-state index contributed by atoms with van der Waals surface area (Å²) < 4.78 is 13.2. The third-order valence-corrected chi connectivity index (χ3v) is 4.67. The smallest absolute Gasteiger partial charge is 0.229 e. The quantitative estimate of drug-likeness (QED) is 0.692. The summed E-state index contributed by atoms with van der Waals surface area (Å²) in [7, 11) is 0. The molecule has 4 rings (SSSR count). The van der Waals surface area contributed by atoms with Crippen LogP contribution < -0.4 is 10.2 Å². The summed E-state index contributed by atoms with van der Waals surface area (Å²) in [5, 5.41) is 3.16. The van der Waals surface area contributed by atoms with Gasteiger partial charge in [0.05, 0.1) is 5.69 Å². The number of amides is 1. The SMILES string of the molecule is O=CN1CCN(c2cc(-c3ccccc3)nc(Nc3ccc(F)cc3)n2)CC1. The summed E-state index contributed by atoms with van der Waals surface area (Å²) in [6.07, 6.45) is 0.883. The van der Waals surface area contributed by atoms with Crippen molar-refractivity contribution in [1.29, 1.82) is 0 Å². The van der Waals surface area contributed by atoms with Gasteiger partial charge < -0.3 is 15.1 Å². The standard InChI is InChI=1S/C21H20FN5O/c22-17-6-8-18(9-7-17)23-21-24-19(16-4-2-1-3-5-16)14-20(25-21)27-12-10-26(15-28)11-13-27/h1-9,14-15H,10-13H2,(H,23,24,25). The van der Waals surface area contributed by atoms with Crippen molar-refractivity contribution in [2.45, 2.75) is 0 Å². The van der Waals surface area contributed by atoms with Crippen LogP contribution >= 0.6 is 0 Å². The Labute approximate surface area is 162 Å². The van der Waals surface area contributed by atoms with Crippen molar-refractivity contribution in [3.63, 3.8) is 0 Å². The van der Waals surface area contributed by atoms with Gasteiger partial charge in [0.2, 0.25) is 12.4 Å². The van der Waals surface area contributed by atoms with Crippen LogP contribution in [-0.2, 0) is 4.79 Å². The third-order valence-electron chi connectivity index (χ3n) is 4.67. The lowest BCUT2D eigenvalue weighted by molar-refractivity contribution is -0.118. The van der Waals surface area contributed by atoms with Gasteiger partial charge in [0.1, 0.15) is 11.6 Å². The number of benzene rings is 2. The Balaban J connectivity index is 1.67. The zero-order valence-electron chi connectivity index (χ0n) is 15.3. The second kappa shape index (κ2) is 8.04. The highest BCUT2D eigenvalue weighted by molar-refractivity contribution is 5.66. The second-order valence-electron chi connectivity index (χ2n) is 6.56. The first-order valence-electron chi connectivity index (χ1n) is 9.13. The van der Waals surface area contributed by atoms with Crippen LogP contribution in [0.5, 0.6) is 0 Å². The number of piperazine rings is 1. The maximum atomic E-state index is 13.2. The minimum atomic E-state index is -0.293. The number of aromatic nitrogens is 2. The first-order chi connectivity index (χ1) is 13.7. The number of halogens is 1. The van der Waals surface area contributed by atoms with E-state index in [-0.39, 0.29) is 5.82 Å². The lowest BCUT2D eigenvalue weighted by Gasteiger charge is -2.33. The van der Waals surface area contributed by atoms with Crippen LogP contribution in [0.2, 0.25) is 0 Å². The summed E-state index contributed by atoms with van der Waals surface area (Å²) in [5.41, 5.74) is 2.50. The van der Waals surface area contributed by atoms with Crippen molar-refractivity contribution in [1.82, 2.24) is 14.9 Å². The summed E-state index contributed by atoms with van der Waals surface area (Å²) in [4.78, 5) is 24.2. The van der Waals surface area contributed by atoms with Gasteiger partial charge in [0, 0.05) is 43.5 Å². The van der Waals surface area contributed by atoms with E-state index in [1.807, 2.05) is 36.4 Å². The van der Waals surface area contributed by atoms with Gasteiger partial charge in [0.15, 0.2) is 0 Å². The highest BCUT2D eigenvalue weighted by Gasteiger charge is 2.18. The average molecular weight is 377 g/mol. The van der Waals surface area contributed by atoms with Crippen LogP contribution in [0.3, 0.4) is 0 Å². The van der Waals surface area contributed by atoms with Crippen molar-refractivity contribution in [2.75, 3.05) is 36.4 Å². The Hall–Kier alpha value is -3.48.